The Bertz CT molecular complexity index is 296. The summed E-state index contributed by atoms with van der Waals surface area (Å²) in [5, 5.41) is 8.88. The molecule has 0 aromatic rings. The van der Waals surface area contributed by atoms with E-state index in [0.29, 0.717) is 18.4 Å². The minimum absolute atomic E-state index is 0.0165. The molecule has 0 aromatic heterocycles. The van der Waals surface area contributed by atoms with Gasteiger partial charge in [-0.25, -0.2) is 0 Å². The molecular formula is C12H21N3O2. The van der Waals surface area contributed by atoms with Crippen LogP contribution in [0.2, 0.25) is 0 Å². The molecule has 0 radical (unpaired) electrons. The maximum Gasteiger partial charge on any atom is 0.242 e. The molecular weight excluding hydrogens is 218 g/mol. The Hall–Kier alpha value is -1.10. The van der Waals surface area contributed by atoms with Gasteiger partial charge in [0.1, 0.15) is 6.04 Å². The summed E-state index contributed by atoms with van der Waals surface area (Å²) in [5.74, 6) is 0.344. The number of hydrogen-bond acceptors (Lipinski definition) is 3. The highest BCUT2D eigenvalue weighted by atomic mass is 16.2. The van der Waals surface area contributed by atoms with E-state index >= 15 is 0 Å². The van der Waals surface area contributed by atoms with Crippen LogP contribution in [0.4, 0.5) is 0 Å². The lowest BCUT2D eigenvalue weighted by molar-refractivity contribution is -0.129. The Morgan fingerprint density at radius 1 is 1.35 bits per heavy atom. The monoisotopic (exact) mass is 239 g/mol. The van der Waals surface area contributed by atoms with Gasteiger partial charge in [0.25, 0.3) is 0 Å². The van der Waals surface area contributed by atoms with Crippen LogP contribution in [-0.2, 0) is 9.59 Å². The van der Waals surface area contributed by atoms with Crippen LogP contribution in [0.3, 0.4) is 0 Å². The maximum absolute atomic E-state index is 11.7. The third kappa shape index (κ3) is 4.00. The average molecular weight is 239 g/mol. The van der Waals surface area contributed by atoms with Crippen molar-refractivity contribution in [2.24, 2.45) is 5.92 Å². The van der Waals surface area contributed by atoms with E-state index in [9.17, 15) is 9.59 Å². The summed E-state index contributed by atoms with van der Waals surface area (Å²) >= 11 is 0. The molecule has 1 saturated carbocycles. The highest BCUT2D eigenvalue weighted by molar-refractivity contribution is 5.87. The molecule has 0 bridgehead atoms. The van der Waals surface area contributed by atoms with Crippen molar-refractivity contribution < 1.29 is 9.59 Å². The van der Waals surface area contributed by atoms with Gasteiger partial charge >= 0.3 is 0 Å². The summed E-state index contributed by atoms with van der Waals surface area (Å²) < 4.78 is 0. The Balaban J connectivity index is 1.67. The van der Waals surface area contributed by atoms with Crippen molar-refractivity contribution in [2.75, 3.05) is 13.1 Å². The number of amides is 2. The van der Waals surface area contributed by atoms with E-state index < -0.39 is 6.04 Å². The Morgan fingerprint density at radius 2 is 2.12 bits per heavy atom. The third-order valence-electron chi connectivity index (χ3n) is 3.33. The van der Waals surface area contributed by atoms with Crippen molar-refractivity contribution in [3.63, 3.8) is 0 Å². The van der Waals surface area contributed by atoms with Gasteiger partial charge in [0.05, 0.1) is 0 Å². The Morgan fingerprint density at radius 3 is 2.71 bits per heavy atom. The quantitative estimate of drug-likeness (QED) is 0.620. The van der Waals surface area contributed by atoms with Gasteiger partial charge in [-0.2, -0.15) is 0 Å². The fraction of sp³-hybridized carbons (Fsp3) is 0.833. The van der Waals surface area contributed by atoms with E-state index in [-0.39, 0.29) is 11.8 Å². The molecule has 17 heavy (non-hydrogen) atoms. The van der Waals surface area contributed by atoms with E-state index in [1.807, 2.05) is 0 Å². The minimum atomic E-state index is -0.419. The molecule has 0 aromatic carbocycles. The summed E-state index contributed by atoms with van der Waals surface area (Å²) in [4.78, 5) is 23.3. The molecule has 1 heterocycles. The highest BCUT2D eigenvalue weighted by Crippen LogP contribution is 2.18. The van der Waals surface area contributed by atoms with Gasteiger partial charge in [0.2, 0.25) is 11.8 Å². The van der Waals surface area contributed by atoms with Crippen LogP contribution in [-0.4, -0.2) is 37.0 Å². The minimum Gasteiger partial charge on any atom is -0.352 e. The number of nitrogens with one attached hydrogen (secondary N) is 3. The molecule has 2 amide bonds. The molecule has 96 valence electrons. The molecule has 2 rings (SSSR count). The second-order valence-corrected chi connectivity index (χ2v) is 5.14. The van der Waals surface area contributed by atoms with Crippen molar-refractivity contribution in [2.45, 2.75) is 44.7 Å². The summed E-state index contributed by atoms with van der Waals surface area (Å²) in [7, 11) is 0. The fourth-order valence-corrected chi connectivity index (χ4v) is 2.07. The Kier molecular flexibility index (Phi) is 3.99. The van der Waals surface area contributed by atoms with Crippen LogP contribution in [0.25, 0.3) is 0 Å². The predicted molar refractivity (Wildman–Crippen MR) is 64.4 cm³/mol. The van der Waals surface area contributed by atoms with E-state index in [1.54, 1.807) is 6.92 Å². The first-order valence-corrected chi connectivity index (χ1v) is 6.45. The zero-order chi connectivity index (χ0) is 12.3. The SMILES string of the molecule is CC(NC(=O)CC1CCNC1)C(=O)NC1CC1. The average Bonchev–Trinajstić information content (AvgIpc) is 2.93. The first kappa shape index (κ1) is 12.4. The molecule has 5 heteroatoms. The summed E-state index contributed by atoms with van der Waals surface area (Å²) in [6, 6.07) is -0.0710. The largest absolute Gasteiger partial charge is 0.352 e. The summed E-state index contributed by atoms with van der Waals surface area (Å²) in [6.07, 6.45) is 3.71. The van der Waals surface area contributed by atoms with Gasteiger partial charge in [-0.1, -0.05) is 0 Å². The van der Waals surface area contributed by atoms with Crippen molar-refractivity contribution in [3.05, 3.63) is 0 Å². The normalized spacial score (nSPS) is 25.4. The van der Waals surface area contributed by atoms with Gasteiger partial charge in [-0.15, -0.1) is 0 Å². The van der Waals surface area contributed by atoms with Crippen LogP contribution in [0, 0.1) is 5.92 Å². The van der Waals surface area contributed by atoms with Crippen LogP contribution in [0.5, 0.6) is 0 Å². The molecule has 2 atom stereocenters. The molecule has 0 spiro atoms. The van der Waals surface area contributed by atoms with Gasteiger partial charge in [-0.3, -0.25) is 9.59 Å². The molecule has 1 aliphatic carbocycles. The lowest BCUT2D eigenvalue weighted by Crippen LogP contribution is -2.45. The standard InChI is InChI=1S/C12H21N3O2/c1-8(12(17)15-10-2-3-10)14-11(16)6-9-4-5-13-7-9/h8-10,13H,2-7H2,1H3,(H,14,16)(H,15,17). The number of rotatable bonds is 5. The van der Waals surface area contributed by atoms with Crippen LogP contribution < -0.4 is 16.0 Å². The summed E-state index contributed by atoms with van der Waals surface area (Å²) in [6.45, 7) is 3.65. The van der Waals surface area contributed by atoms with E-state index in [1.165, 1.54) is 0 Å². The van der Waals surface area contributed by atoms with Gasteiger partial charge < -0.3 is 16.0 Å². The zero-order valence-corrected chi connectivity index (χ0v) is 10.3. The van der Waals surface area contributed by atoms with E-state index in [2.05, 4.69) is 16.0 Å². The van der Waals surface area contributed by atoms with Crippen molar-refractivity contribution in [1.29, 1.82) is 0 Å². The van der Waals surface area contributed by atoms with Crippen LogP contribution >= 0.6 is 0 Å². The van der Waals surface area contributed by atoms with E-state index in [4.69, 9.17) is 0 Å². The lowest BCUT2D eigenvalue weighted by Gasteiger charge is -2.15. The van der Waals surface area contributed by atoms with Gasteiger partial charge in [0, 0.05) is 12.5 Å². The molecule has 5 nitrogen and oxygen atoms in total. The second kappa shape index (κ2) is 5.49. The molecule has 1 aliphatic heterocycles. The number of carbonyl (C=O) groups excluding carboxylic acids is 2. The maximum atomic E-state index is 11.7. The first-order valence-electron chi connectivity index (χ1n) is 6.45. The number of hydrogen-bond donors (Lipinski definition) is 3. The number of carbonyl (C=O) groups is 2. The van der Waals surface area contributed by atoms with Crippen molar-refractivity contribution in [3.8, 4) is 0 Å². The lowest BCUT2D eigenvalue weighted by atomic mass is 10.0. The smallest absolute Gasteiger partial charge is 0.242 e. The van der Waals surface area contributed by atoms with Gasteiger partial charge in [0.15, 0.2) is 0 Å². The fourth-order valence-electron chi connectivity index (χ4n) is 2.07. The molecule has 1 saturated heterocycles. The summed E-state index contributed by atoms with van der Waals surface area (Å²) in [5.41, 5.74) is 0. The predicted octanol–water partition coefficient (Wildman–Crippen LogP) is -0.231. The molecule has 2 aliphatic rings. The van der Waals surface area contributed by atoms with Gasteiger partial charge in [-0.05, 0) is 45.2 Å². The molecule has 2 fully saturated rings. The Labute approximate surface area is 102 Å². The zero-order valence-electron chi connectivity index (χ0n) is 10.3. The molecule has 3 N–H and O–H groups in total. The highest BCUT2D eigenvalue weighted by Gasteiger charge is 2.26. The van der Waals surface area contributed by atoms with Crippen molar-refractivity contribution in [1.82, 2.24) is 16.0 Å². The van der Waals surface area contributed by atoms with Crippen molar-refractivity contribution >= 4 is 11.8 Å². The third-order valence-corrected chi connectivity index (χ3v) is 3.33. The first-order chi connectivity index (χ1) is 8.15. The van der Waals surface area contributed by atoms with Crippen LogP contribution in [0.15, 0.2) is 0 Å². The topological polar surface area (TPSA) is 70.2 Å². The molecule has 2 unspecified atom stereocenters. The second-order valence-electron chi connectivity index (χ2n) is 5.14. The van der Waals surface area contributed by atoms with Crippen LogP contribution in [0.1, 0.15) is 32.6 Å². The van der Waals surface area contributed by atoms with E-state index in [0.717, 1.165) is 32.4 Å².